The number of urea groups is 1. The van der Waals surface area contributed by atoms with Gasteiger partial charge in [-0.3, -0.25) is 15.1 Å². The largest absolute Gasteiger partial charge is 0.380 e. The number of pyridine rings is 2. The number of likely N-dealkylation sites (tertiary alicyclic amines) is 1. The average molecular weight is 595 g/mol. The molecule has 222 valence electrons. The molecule has 0 bridgehead atoms. The van der Waals surface area contributed by atoms with Crippen LogP contribution in [-0.2, 0) is 15.1 Å². The Kier molecular flexibility index (Phi) is 9.35. The molecule has 1 aliphatic carbocycles. The molecule has 3 amide bonds. The van der Waals surface area contributed by atoms with Crippen molar-refractivity contribution in [3.05, 3.63) is 83.0 Å². The Morgan fingerprint density at radius 2 is 1.90 bits per heavy atom. The number of benzene rings is 1. The molecule has 0 radical (unpaired) electrons. The van der Waals surface area contributed by atoms with Crippen molar-refractivity contribution in [2.45, 2.75) is 56.7 Å². The van der Waals surface area contributed by atoms with Crippen molar-refractivity contribution < 1.29 is 18.7 Å². The van der Waals surface area contributed by atoms with Crippen LogP contribution in [0.25, 0.3) is 0 Å². The summed E-state index contributed by atoms with van der Waals surface area (Å²) in [4.78, 5) is 36.5. The molecule has 1 saturated carbocycles. The number of hydrogen-bond donors (Lipinski definition) is 3. The normalized spacial score (nSPS) is 19.8. The number of rotatable bonds is 11. The van der Waals surface area contributed by atoms with Gasteiger partial charge < -0.3 is 20.3 Å². The number of hydrogen-bond acceptors (Lipinski definition) is 6. The molecule has 1 aromatic carbocycles. The van der Waals surface area contributed by atoms with E-state index in [1.807, 2.05) is 19.1 Å². The molecule has 0 spiro atoms. The summed E-state index contributed by atoms with van der Waals surface area (Å²) >= 11 is 5.90. The third-order valence-electron chi connectivity index (χ3n) is 8.12. The third kappa shape index (κ3) is 6.72. The van der Waals surface area contributed by atoms with Gasteiger partial charge in [-0.15, -0.1) is 0 Å². The van der Waals surface area contributed by atoms with Crippen LogP contribution in [0.3, 0.4) is 0 Å². The number of carbonyl (C=O) groups excluding carboxylic acids is 2. The first-order valence-corrected chi connectivity index (χ1v) is 14.7. The van der Waals surface area contributed by atoms with Gasteiger partial charge in [0.2, 0.25) is 5.91 Å². The molecular formula is C31H36ClFN6O3. The summed E-state index contributed by atoms with van der Waals surface area (Å²) in [5.41, 5.74) is 1.35. The molecule has 42 heavy (non-hydrogen) atoms. The average Bonchev–Trinajstić information content (AvgIpc) is 3.73. The van der Waals surface area contributed by atoms with Crippen LogP contribution in [0.5, 0.6) is 0 Å². The molecule has 11 heteroatoms. The van der Waals surface area contributed by atoms with Gasteiger partial charge in [-0.1, -0.05) is 37.4 Å². The molecule has 2 aromatic heterocycles. The molecule has 1 aliphatic heterocycles. The summed E-state index contributed by atoms with van der Waals surface area (Å²) in [6.07, 6.45) is 9.16. The van der Waals surface area contributed by atoms with Gasteiger partial charge in [0.05, 0.1) is 22.4 Å². The van der Waals surface area contributed by atoms with Crippen molar-refractivity contribution in [3.63, 3.8) is 0 Å². The topological polar surface area (TPSA) is 108 Å². The van der Waals surface area contributed by atoms with E-state index in [1.54, 1.807) is 36.7 Å². The number of amides is 3. The monoisotopic (exact) mass is 594 g/mol. The fourth-order valence-corrected chi connectivity index (χ4v) is 5.80. The smallest absolute Gasteiger partial charge is 0.323 e. The molecule has 1 saturated heterocycles. The highest BCUT2D eigenvalue weighted by Gasteiger charge is 2.41. The van der Waals surface area contributed by atoms with Gasteiger partial charge in [-0.2, -0.15) is 0 Å². The number of carbonyl (C=O) groups is 2. The van der Waals surface area contributed by atoms with Crippen molar-refractivity contribution >= 4 is 35.0 Å². The fourth-order valence-electron chi connectivity index (χ4n) is 5.69. The highest BCUT2D eigenvalue weighted by molar-refractivity contribution is 6.30. The predicted molar refractivity (Wildman–Crippen MR) is 160 cm³/mol. The zero-order valence-corrected chi connectivity index (χ0v) is 24.5. The predicted octanol–water partition coefficient (Wildman–Crippen LogP) is 5.57. The van der Waals surface area contributed by atoms with Gasteiger partial charge in [-0.25, -0.2) is 14.2 Å². The zero-order chi connectivity index (χ0) is 29.7. The van der Waals surface area contributed by atoms with Gasteiger partial charge in [0.1, 0.15) is 17.7 Å². The summed E-state index contributed by atoms with van der Waals surface area (Å²) < 4.78 is 20.7. The first-order valence-electron chi connectivity index (χ1n) is 14.3. The molecule has 9 nitrogen and oxygen atoms in total. The second-order valence-corrected chi connectivity index (χ2v) is 11.3. The maximum atomic E-state index is 15.3. The lowest BCUT2D eigenvalue weighted by Gasteiger charge is -2.37. The summed E-state index contributed by atoms with van der Waals surface area (Å²) in [6, 6.07) is 10.6. The van der Waals surface area contributed by atoms with Gasteiger partial charge >= 0.3 is 6.03 Å². The molecule has 3 atom stereocenters. The maximum absolute atomic E-state index is 15.3. The third-order valence-corrected chi connectivity index (χ3v) is 8.34. The van der Waals surface area contributed by atoms with Crippen molar-refractivity contribution in [2.75, 3.05) is 30.8 Å². The van der Waals surface area contributed by atoms with Gasteiger partial charge in [0.15, 0.2) is 0 Å². The minimum absolute atomic E-state index is 0.0563. The standard InChI is InChI=1S/C31H36ClFN6O3/c1-3-36-31(13-10-20-4-5-20,21-11-14-34-15-12-21)22-6-8-25(33)26(16-22)37-29(40)27-17-24(42-2)19-39(27)30(41)38-28-9-7-23(32)18-35-28/h6-9,11-12,14-16,18,20,24,27,36H,3-5,10,13,17,19H2,1-2H3,(H,37,40)(H,35,38,41)/t24-,27-,31?/m1/s1. The van der Waals surface area contributed by atoms with E-state index in [0.717, 1.165) is 24.0 Å². The van der Waals surface area contributed by atoms with Crippen molar-refractivity contribution in [1.82, 2.24) is 20.2 Å². The Labute approximate surface area is 250 Å². The zero-order valence-electron chi connectivity index (χ0n) is 23.8. The highest BCUT2D eigenvalue weighted by atomic mass is 35.5. The summed E-state index contributed by atoms with van der Waals surface area (Å²) in [6.45, 7) is 2.94. The minimum atomic E-state index is -0.876. The van der Waals surface area contributed by atoms with Crippen LogP contribution in [0.1, 0.15) is 50.2 Å². The summed E-state index contributed by atoms with van der Waals surface area (Å²) in [7, 11) is 1.53. The Hall–Kier alpha value is -3.60. The number of halogens is 2. The lowest BCUT2D eigenvalue weighted by molar-refractivity contribution is -0.119. The SMILES string of the molecule is CCNC(CCC1CC1)(c1ccncc1)c1ccc(F)c(NC(=O)[C@H]2C[C@@H](OC)CN2C(=O)Nc2ccc(Cl)cn2)c1. The first-order chi connectivity index (χ1) is 20.3. The Morgan fingerprint density at radius 3 is 2.57 bits per heavy atom. The van der Waals surface area contributed by atoms with Crippen molar-refractivity contribution in [2.24, 2.45) is 5.92 Å². The quantitative estimate of drug-likeness (QED) is 0.268. The molecular weight excluding hydrogens is 559 g/mol. The van der Waals surface area contributed by atoms with Crippen LogP contribution >= 0.6 is 11.6 Å². The molecule has 5 rings (SSSR count). The lowest BCUT2D eigenvalue weighted by Crippen LogP contribution is -2.45. The molecule has 1 unspecified atom stereocenters. The van der Waals surface area contributed by atoms with E-state index in [-0.39, 0.29) is 24.8 Å². The van der Waals surface area contributed by atoms with Crippen LogP contribution in [0.4, 0.5) is 20.7 Å². The van der Waals surface area contributed by atoms with Gasteiger partial charge in [-0.05, 0) is 72.8 Å². The van der Waals surface area contributed by atoms with Gasteiger partial charge in [0.25, 0.3) is 0 Å². The van der Waals surface area contributed by atoms with E-state index in [4.69, 9.17) is 16.3 Å². The number of ether oxygens (including phenoxy) is 1. The van der Waals surface area contributed by atoms with E-state index in [9.17, 15) is 9.59 Å². The van der Waals surface area contributed by atoms with E-state index < -0.39 is 29.3 Å². The van der Waals surface area contributed by atoms with Crippen LogP contribution in [0.15, 0.2) is 61.1 Å². The molecule has 3 heterocycles. The number of anilines is 2. The number of methoxy groups -OCH3 is 1. The summed E-state index contributed by atoms with van der Waals surface area (Å²) in [5, 5.41) is 9.58. The Balaban J connectivity index is 1.40. The number of nitrogens with zero attached hydrogens (tertiary/aromatic N) is 3. The van der Waals surface area contributed by atoms with E-state index in [2.05, 4.69) is 25.9 Å². The lowest BCUT2D eigenvalue weighted by atomic mass is 9.78. The Morgan fingerprint density at radius 1 is 1.12 bits per heavy atom. The summed E-state index contributed by atoms with van der Waals surface area (Å²) in [5.74, 6) is -0.0659. The Bertz CT molecular complexity index is 1390. The fraction of sp³-hybridized carbons (Fsp3) is 0.419. The van der Waals surface area contributed by atoms with Crippen LogP contribution in [-0.4, -0.2) is 59.2 Å². The number of aromatic nitrogens is 2. The minimum Gasteiger partial charge on any atom is -0.380 e. The van der Waals surface area contributed by atoms with E-state index in [1.165, 1.54) is 37.1 Å². The molecule has 2 aliphatic rings. The second-order valence-electron chi connectivity index (χ2n) is 10.9. The van der Waals surface area contributed by atoms with E-state index in [0.29, 0.717) is 23.3 Å². The second kappa shape index (κ2) is 13.1. The van der Waals surface area contributed by atoms with Crippen LogP contribution in [0, 0.1) is 11.7 Å². The van der Waals surface area contributed by atoms with E-state index >= 15 is 4.39 Å². The maximum Gasteiger partial charge on any atom is 0.323 e. The number of nitrogens with one attached hydrogen (secondary N) is 3. The first kappa shape index (κ1) is 29.9. The van der Waals surface area contributed by atoms with Crippen molar-refractivity contribution in [3.8, 4) is 0 Å². The molecule has 2 fully saturated rings. The van der Waals surface area contributed by atoms with Gasteiger partial charge in [0, 0.05) is 38.7 Å². The molecule has 3 aromatic rings. The van der Waals surface area contributed by atoms with Crippen LogP contribution in [0.2, 0.25) is 5.02 Å². The highest BCUT2D eigenvalue weighted by Crippen LogP contribution is 2.42. The van der Waals surface area contributed by atoms with Crippen LogP contribution < -0.4 is 16.0 Å². The van der Waals surface area contributed by atoms with Crippen molar-refractivity contribution in [1.29, 1.82) is 0 Å². The molecule has 3 N–H and O–H groups in total.